The van der Waals surface area contributed by atoms with E-state index < -0.39 is 0 Å². The Labute approximate surface area is 280 Å². The van der Waals surface area contributed by atoms with Crippen LogP contribution in [0, 0.1) is 0 Å². The molecule has 3 heteroatoms. The van der Waals surface area contributed by atoms with Gasteiger partial charge in [-0.15, -0.1) is 22.7 Å². The van der Waals surface area contributed by atoms with Crippen LogP contribution in [0.5, 0.6) is 0 Å². The molecule has 47 heavy (non-hydrogen) atoms. The molecule has 0 saturated heterocycles. The zero-order chi connectivity index (χ0) is 30.9. The number of fused-ring (bicyclic) bond motifs is 8. The van der Waals surface area contributed by atoms with Gasteiger partial charge >= 0.3 is 0 Å². The van der Waals surface area contributed by atoms with Gasteiger partial charge in [0.2, 0.25) is 0 Å². The van der Waals surface area contributed by atoms with Crippen LogP contribution in [-0.4, -0.2) is 0 Å². The lowest BCUT2D eigenvalue weighted by Crippen LogP contribution is -2.11. The van der Waals surface area contributed by atoms with Gasteiger partial charge in [0.05, 0.1) is 16.1 Å². The van der Waals surface area contributed by atoms with E-state index in [1.807, 2.05) is 22.7 Å². The van der Waals surface area contributed by atoms with Gasteiger partial charge in [-0.3, -0.25) is 0 Å². The molecule has 2 heterocycles. The van der Waals surface area contributed by atoms with Crippen molar-refractivity contribution in [1.82, 2.24) is 0 Å². The number of anilines is 3. The summed E-state index contributed by atoms with van der Waals surface area (Å²) in [6.07, 6.45) is 0. The average molecular weight is 634 g/mol. The van der Waals surface area contributed by atoms with Crippen molar-refractivity contribution in [3.63, 3.8) is 0 Å². The summed E-state index contributed by atoms with van der Waals surface area (Å²) in [5, 5.41) is 10.2. The van der Waals surface area contributed by atoms with E-state index in [1.165, 1.54) is 84.4 Å². The zero-order valence-corrected chi connectivity index (χ0v) is 27.0. The quantitative estimate of drug-likeness (QED) is 0.186. The van der Waals surface area contributed by atoms with E-state index in [0.717, 1.165) is 5.69 Å². The van der Waals surface area contributed by atoms with Gasteiger partial charge in [-0.2, -0.15) is 0 Å². The largest absolute Gasteiger partial charge is 0.308 e. The molecule has 0 aliphatic carbocycles. The van der Waals surface area contributed by atoms with E-state index in [0.29, 0.717) is 0 Å². The minimum Gasteiger partial charge on any atom is -0.308 e. The molecule has 0 amide bonds. The van der Waals surface area contributed by atoms with Crippen LogP contribution in [0.15, 0.2) is 164 Å². The highest BCUT2D eigenvalue weighted by atomic mass is 32.1. The molecule has 10 rings (SSSR count). The molecule has 220 valence electrons. The second-order valence-electron chi connectivity index (χ2n) is 12.1. The molecule has 0 unspecified atom stereocenters. The number of hydrogen-bond acceptors (Lipinski definition) is 3. The molecule has 0 saturated carbocycles. The molecule has 10 aromatic rings. The molecule has 8 aromatic carbocycles. The number of thiophene rings is 2. The molecule has 0 radical (unpaired) electrons. The first-order valence-corrected chi connectivity index (χ1v) is 17.6. The van der Waals surface area contributed by atoms with Gasteiger partial charge in [0.15, 0.2) is 0 Å². The van der Waals surface area contributed by atoms with Crippen molar-refractivity contribution in [3.8, 4) is 11.1 Å². The fourth-order valence-electron chi connectivity index (χ4n) is 7.26. The predicted octanol–water partition coefficient (Wildman–Crippen LogP) is 13.9. The van der Waals surface area contributed by atoms with Crippen molar-refractivity contribution in [2.45, 2.75) is 0 Å². The Morgan fingerprint density at radius 2 is 1.02 bits per heavy atom. The van der Waals surface area contributed by atoms with Crippen LogP contribution in [0.1, 0.15) is 0 Å². The van der Waals surface area contributed by atoms with E-state index >= 15 is 0 Å². The van der Waals surface area contributed by atoms with E-state index in [9.17, 15) is 0 Å². The number of benzene rings is 8. The van der Waals surface area contributed by atoms with E-state index in [1.54, 1.807) is 0 Å². The average Bonchev–Trinajstić information content (AvgIpc) is 3.70. The van der Waals surface area contributed by atoms with Crippen LogP contribution >= 0.6 is 22.7 Å². The van der Waals surface area contributed by atoms with Crippen LogP contribution in [0.25, 0.3) is 73.0 Å². The summed E-state index contributed by atoms with van der Waals surface area (Å²) in [6.45, 7) is 0. The standard InChI is InChI=1S/C44H27NS2/c1-2-11-29-26-31(22-20-28(29)10-1)45(40-17-9-16-37-35-14-5-8-19-42(35)47-44(37)40)39-24-23-32(33-12-3-4-13-34(33)39)30-21-25-43-38(27-30)36-15-6-7-18-41(36)46-43/h1-27H. The summed E-state index contributed by atoms with van der Waals surface area (Å²) < 4.78 is 5.27. The lowest BCUT2D eigenvalue weighted by atomic mass is 9.95. The molecule has 0 bridgehead atoms. The normalized spacial score (nSPS) is 11.8. The molecule has 0 atom stereocenters. The van der Waals surface area contributed by atoms with Gasteiger partial charge in [0.1, 0.15) is 0 Å². The topological polar surface area (TPSA) is 3.24 Å². The minimum atomic E-state index is 1.15. The molecular weight excluding hydrogens is 607 g/mol. The summed E-state index contributed by atoms with van der Waals surface area (Å²) >= 11 is 3.75. The second-order valence-corrected chi connectivity index (χ2v) is 14.2. The van der Waals surface area contributed by atoms with Gasteiger partial charge in [-0.05, 0) is 75.8 Å². The number of hydrogen-bond donors (Lipinski definition) is 0. The van der Waals surface area contributed by atoms with Crippen LogP contribution < -0.4 is 4.90 Å². The summed E-state index contributed by atoms with van der Waals surface area (Å²) in [6, 6.07) is 60.3. The Bertz CT molecular complexity index is 2820. The van der Waals surface area contributed by atoms with Crippen molar-refractivity contribution in [2.24, 2.45) is 0 Å². The summed E-state index contributed by atoms with van der Waals surface area (Å²) in [7, 11) is 0. The van der Waals surface area contributed by atoms with Crippen molar-refractivity contribution in [3.05, 3.63) is 164 Å². The van der Waals surface area contributed by atoms with Crippen molar-refractivity contribution < 1.29 is 0 Å². The fourth-order valence-corrected chi connectivity index (χ4v) is 9.55. The smallest absolute Gasteiger partial charge is 0.0640 e. The molecule has 0 aliphatic rings. The van der Waals surface area contributed by atoms with Crippen molar-refractivity contribution in [1.29, 1.82) is 0 Å². The Kier molecular flexibility index (Phi) is 5.98. The van der Waals surface area contributed by atoms with Crippen molar-refractivity contribution >= 4 is 102 Å². The van der Waals surface area contributed by atoms with Crippen LogP contribution in [0.3, 0.4) is 0 Å². The van der Waals surface area contributed by atoms with Crippen LogP contribution in [0.2, 0.25) is 0 Å². The van der Waals surface area contributed by atoms with E-state index in [2.05, 4.69) is 169 Å². The molecule has 0 aliphatic heterocycles. The minimum absolute atomic E-state index is 1.15. The highest BCUT2D eigenvalue weighted by Gasteiger charge is 2.21. The Morgan fingerprint density at radius 3 is 1.87 bits per heavy atom. The Hall–Kier alpha value is -5.48. The first-order valence-electron chi connectivity index (χ1n) is 15.9. The first kappa shape index (κ1) is 26.7. The lowest BCUT2D eigenvalue weighted by molar-refractivity contribution is 1.32. The fraction of sp³-hybridized carbons (Fsp3) is 0. The third kappa shape index (κ3) is 4.21. The van der Waals surface area contributed by atoms with Gasteiger partial charge in [-0.25, -0.2) is 0 Å². The molecule has 1 nitrogen and oxygen atoms in total. The van der Waals surface area contributed by atoms with Crippen LogP contribution in [0.4, 0.5) is 17.1 Å². The predicted molar refractivity (Wildman–Crippen MR) is 207 cm³/mol. The van der Waals surface area contributed by atoms with E-state index in [-0.39, 0.29) is 0 Å². The molecule has 2 aromatic heterocycles. The molecule has 0 spiro atoms. The summed E-state index contributed by atoms with van der Waals surface area (Å²) in [5.41, 5.74) is 6.01. The van der Waals surface area contributed by atoms with E-state index in [4.69, 9.17) is 0 Å². The molecular formula is C44H27NS2. The summed E-state index contributed by atoms with van der Waals surface area (Å²) in [4.78, 5) is 2.48. The number of nitrogens with zero attached hydrogens (tertiary/aromatic N) is 1. The zero-order valence-electron chi connectivity index (χ0n) is 25.4. The highest BCUT2D eigenvalue weighted by Crippen LogP contribution is 2.48. The van der Waals surface area contributed by atoms with Gasteiger partial charge in [-0.1, -0.05) is 115 Å². The number of rotatable bonds is 4. The first-order chi connectivity index (χ1) is 23.3. The second kappa shape index (κ2) is 10.5. The lowest BCUT2D eigenvalue weighted by Gasteiger charge is -2.28. The van der Waals surface area contributed by atoms with Gasteiger partial charge in [0, 0.05) is 46.7 Å². The third-order valence-corrected chi connectivity index (χ3v) is 11.8. The van der Waals surface area contributed by atoms with Gasteiger partial charge < -0.3 is 4.90 Å². The SMILES string of the molecule is c1ccc2cc(N(c3ccc(-c4ccc5sc6ccccc6c5c4)c4ccccc34)c3cccc4c3sc3ccccc34)ccc2c1. The maximum Gasteiger partial charge on any atom is 0.0640 e. The molecule has 0 fully saturated rings. The Morgan fingerprint density at radius 1 is 0.362 bits per heavy atom. The van der Waals surface area contributed by atoms with Gasteiger partial charge in [0.25, 0.3) is 0 Å². The highest BCUT2D eigenvalue weighted by molar-refractivity contribution is 7.26. The maximum atomic E-state index is 2.48. The maximum absolute atomic E-state index is 2.48. The van der Waals surface area contributed by atoms with Crippen LogP contribution in [-0.2, 0) is 0 Å². The molecule has 0 N–H and O–H groups in total. The Balaban J connectivity index is 1.24. The summed E-state index contributed by atoms with van der Waals surface area (Å²) in [5.74, 6) is 0. The monoisotopic (exact) mass is 633 g/mol. The van der Waals surface area contributed by atoms with Crippen molar-refractivity contribution in [2.75, 3.05) is 4.90 Å². The third-order valence-electron chi connectivity index (χ3n) is 9.45.